The SMILES string of the molecule is C=C(C)[C@@H]1CC[C@@](C)(OC(=O)C(=O)OC)[C@@H]2CC(=O)C(C)=C2C1. The fraction of sp³-hybridized carbons (Fsp3) is 0.611. The van der Waals surface area contributed by atoms with E-state index < -0.39 is 17.5 Å². The van der Waals surface area contributed by atoms with Crippen molar-refractivity contribution >= 4 is 17.7 Å². The first kappa shape index (κ1) is 17.4. The molecule has 0 amide bonds. The Hall–Kier alpha value is -1.91. The summed E-state index contributed by atoms with van der Waals surface area (Å²) in [6, 6.07) is 0. The van der Waals surface area contributed by atoms with Crippen molar-refractivity contribution in [2.45, 2.75) is 52.1 Å². The van der Waals surface area contributed by atoms with Gasteiger partial charge in [-0.1, -0.05) is 17.7 Å². The summed E-state index contributed by atoms with van der Waals surface area (Å²) < 4.78 is 9.96. The highest BCUT2D eigenvalue weighted by molar-refractivity contribution is 6.29. The number of rotatable bonds is 2. The highest BCUT2D eigenvalue weighted by atomic mass is 16.6. The third kappa shape index (κ3) is 3.23. The summed E-state index contributed by atoms with van der Waals surface area (Å²) in [6.45, 7) is 9.67. The van der Waals surface area contributed by atoms with Crippen LogP contribution in [0.1, 0.15) is 46.5 Å². The number of esters is 2. The molecule has 0 N–H and O–H groups in total. The maximum Gasteiger partial charge on any atom is 0.418 e. The van der Waals surface area contributed by atoms with Gasteiger partial charge in [0.1, 0.15) is 5.60 Å². The van der Waals surface area contributed by atoms with Crippen molar-refractivity contribution in [3.63, 3.8) is 0 Å². The second kappa shape index (κ2) is 6.30. The molecule has 0 saturated heterocycles. The molecule has 3 atom stereocenters. The molecule has 23 heavy (non-hydrogen) atoms. The number of allylic oxidation sites excluding steroid dienone is 2. The van der Waals surface area contributed by atoms with E-state index >= 15 is 0 Å². The van der Waals surface area contributed by atoms with E-state index in [0.717, 1.165) is 36.7 Å². The first-order valence-electron chi connectivity index (χ1n) is 7.89. The van der Waals surface area contributed by atoms with Crippen molar-refractivity contribution in [3.05, 3.63) is 23.3 Å². The summed E-state index contributed by atoms with van der Waals surface area (Å²) in [5.41, 5.74) is 1.99. The van der Waals surface area contributed by atoms with Gasteiger partial charge in [-0.05, 0) is 51.5 Å². The Morgan fingerprint density at radius 2 is 1.91 bits per heavy atom. The van der Waals surface area contributed by atoms with Crippen molar-refractivity contribution in [2.24, 2.45) is 11.8 Å². The summed E-state index contributed by atoms with van der Waals surface area (Å²) in [5, 5.41) is 0. The molecule has 0 radical (unpaired) electrons. The first-order chi connectivity index (χ1) is 10.7. The fourth-order valence-electron chi connectivity index (χ4n) is 3.66. The standard InChI is InChI=1S/C18H24O5/c1-10(2)12-6-7-18(4,23-17(21)16(20)22-5)14-9-15(19)11(3)13(14)8-12/h12,14H,1,6-9H2,2-5H3/t12-,14-,18-/m1/s1. The van der Waals surface area contributed by atoms with Gasteiger partial charge in [-0.2, -0.15) is 0 Å². The monoisotopic (exact) mass is 320 g/mol. The van der Waals surface area contributed by atoms with Gasteiger partial charge in [0.15, 0.2) is 5.78 Å². The number of methoxy groups -OCH3 is 1. The number of hydrogen-bond donors (Lipinski definition) is 0. The van der Waals surface area contributed by atoms with Crippen LogP contribution >= 0.6 is 0 Å². The van der Waals surface area contributed by atoms with E-state index in [1.807, 2.05) is 20.8 Å². The molecule has 0 bridgehead atoms. The molecule has 2 aliphatic carbocycles. The maximum absolute atomic E-state index is 12.2. The number of fused-ring (bicyclic) bond motifs is 1. The smallest absolute Gasteiger partial charge is 0.418 e. The van der Waals surface area contributed by atoms with E-state index in [1.54, 1.807) is 0 Å². The Bertz CT molecular complexity index is 601. The zero-order valence-corrected chi connectivity index (χ0v) is 14.2. The molecule has 2 aliphatic rings. The Morgan fingerprint density at radius 1 is 1.26 bits per heavy atom. The van der Waals surface area contributed by atoms with Crippen LogP contribution in [0.25, 0.3) is 0 Å². The third-order valence-electron chi connectivity index (χ3n) is 5.28. The molecule has 0 aromatic carbocycles. The zero-order valence-electron chi connectivity index (χ0n) is 14.2. The summed E-state index contributed by atoms with van der Waals surface area (Å²) in [7, 11) is 1.14. The molecular weight excluding hydrogens is 296 g/mol. The Kier molecular flexibility index (Phi) is 4.78. The lowest BCUT2D eigenvalue weighted by atomic mass is 9.82. The molecule has 1 fully saturated rings. The van der Waals surface area contributed by atoms with Crippen molar-refractivity contribution in [1.82, 2.24) is 0 Å². The van der Waals surface area contributed by atoms with Crippen LogP contribution in [0.5, 0.6) is 0 Å². The van der Waals surface area contributed by atoms with Gasteiger partial charge in [0.2, 0.25) is 0 Å². The van der Waals surface area contributed by atoms with Gasteiger partial charge in [0.25, 0.3) is 0 Å². The summed E-state index contributed by atoms with van der Waals surface area (Å²) >= 11 is 0. The van der Waals surface area contributed by atoms with Crippen LogP contribution < -0.4 is 0 Å². The number of carbonyl (C=O) groups is 3. The second-order valence-corrected chi connectivity index (χ2v) is 6.81. The largest absolute Gasteiger partial charge is 0.461 e. The molecule has 126 valence electrons. The highest BCUT2D eigenvalue weighted by Gasteiger charge is 2.48. The van der Waals surface area contributed by atoms with E-state index in [9.17, 15) is 14.4 Å². The molecule has 5 nitrogen and oxygen atoms in total. The Morgan fingerprint density at radius 3 is 2.48 bits per heavy atom. The summed E-state index contributed by atoms with van der Waals surface area (Å²) in [4.78, 5) is 35.5. The number of Topliss-reactive ketones (excluding diaryl/α,β-unsaturated/α-hetero) is 1. The van der Waals surface area contributed by atoms with Gasteiger partial charge in [-0.3, -0.25) is 4.79 Å². The summed E-state index contributed by atoms with van der Waals surface area (Å²) in [5.74, 6) is -1.84. The van der Waals surface area contributed by atoms with Crippen molar-refractivity contribution < 1.29 is 23.9 Å². The Balaban J connectivity index is 2.36. The van der Waals surface area contributed by atoms with E-state index in [2.05, 4.69) is 11.3 Å². The lowest BCUT2D eigenvalue weighted by Crippen LogP contribution is -2.41. The topological polar surface area (TPSA) is 69.7 Å². The van der Waals surface area contributed by atoms with Gasteiger partial charge in [-0.25, -0.2) is 9.59 Å². The van der Waals surface area contributed by atoms with Crippen LogP contribution in [0.2, 0.25) is 0 Å². The molecular formula is C18H24O5. The average Bonchev–Trinajstić information content (AvgIpc) is 2.69. The quantitative estimate of drug-likeness (QED) is 0.444. The van der Waals surface area contributed by atoms with Gasteiger partial charge in [0, 0.05) is 12.3 Å². The van der Waals surface area contributed by atoms with Crippen LogP contribution in [0.3, 0.4) is 0 Å². The van der Waals surface area contributed by atoms with Crippen molar-refractivity contribution in [2.75, 3.05) is 7.11 Å². The number of ketones is 1. The number of hydrogen-bond acceptors (Lipinski definition) is 5. The minimum atomic E-state index is -1.02. The molecule has 0 unspecified atom stereocenters. The molecule has 0 aliphatic heterocycles. The van der Waals surface area contributed by atoms with Gasteiger partial charge >= 0.3 is 11.9 Å². The fourth-order valence-corrected chi connectivity index (χ4v) is 3.66. The van der Waals surface area contributed by atoms with Crippen molar-refractivity contribution in [1.29, 1.82) is 0 Å². The predicted molar refractivity (Wildman–Crippen MR) is 84.5 cm³/mol. The van der Waals surface area contributed by atoms with Crippen molar-refractivity contribution in [3.8, 4) is 0 Å². The third-order valence-corrected chi connectivity index (χ3v) is 5.28. The minimum absolute atomic E-state index is 0.0905. The molecule has 0 spiro atoms. The Labute approximate surface area is 136 Å². The number of ether oxygens (including phenoxy) is 2. The van der Waals surface area contributed by atoms with Crippen LogP contribution in [0.15, 0.2) is 23.3 Å². The zero-order chi connectivity index (χ0) is 17.4. The molecule has 0 aromatic heterocycles. The lowest BCUT2D eigenvalue weighted by molar-refractivity contribution is -0.178. The molecule has 1 saturated carbocycles. The van der Waals surface area contributed by atoms with Crippen LogP contribution in [0.4, 0.5) is 0 Å². The minimum Gasteiger partial charge on any atom is -0.461 e. The second-order valence-electron chi connectivity index (χ2n) is 6.81. The average molecular weight is 320 g/mol. The molecule has 0 aromatic rings. The predicted octanol–water partition coefficient (Wildman–Crippen LogP) is 2.74. The lowest BCUT2D eigenvalue weighted by Gasteiger charge is -2.34. The molecule has 2 rings (SSSR count). The van der Waals surface area contributed by atoms with Crippen LogP contribution in [-0.4, -0.2) is 30.4 Å². The maximum atomic E-state index is 12.2. The highest BCUT2D eigenvalue weighted by Crippen LogP contribution is 2.48. The van der Waals surface area contributed by atoms with E-state index in [-0.39, 0.29) is 17.6 Å². The van der Waals surface area contributed by atoms with Gasteiger partial charge in [0.05, 0.1) is 7.11 Å². The normalized spacial score (nSPS) is 30.5. The molecule has 0 heterocycles. The van der Waals surface area contributed by atoms with Crippen LogP contribution in [-0.2, 0) is 23.9 Å². The van der Waals surface area contributed by atoms with E-state index in [4.69, 9.17) is 4.74 Å². The molecule has 5 heteroatoms. The van der Waals surface area contributed by atoms with Crippen LogP contribution in [0, 0.1) is 11.8 Å². The van der Waals surface area contributed by atoms with E-state index in [0.29, 0.717) is 12.8 Å². The van der Waals surface area contributed by atoms with E-state index in [1.165, 1.54) is 0 Å². The van der Waals surface area contributed by atoms with Gasteiger partial charge in [-0.15, -0.1) is 0 Å². The first-order valence-corrected chi connectivity index (χ1v) is 7.89. The summed E-state index contributed by atoms with van der Waals surface area (Å²) in [6.07, 6.45) is 2.49. The number of carbonyl (C=O) groups excluding carboxylic acids is 3. The van der Waals surface area contributed by atoms with Gasteiger partial charge < -0.3 is 9.47 Å².